The molecule has 9 nitrogen and oxygen atoms in total. The molecule has 0 bridgehead atoms. The second kappa shape index (κ2) is 10.1. The Morgan fingerprint density at radius 3 is 2.74 bits per heavy atom. The van der Waals surface area contributed by atoms with E-state index in [4.69, 9.17) is 9.15 Å². The number of nitrogens with one attached hydrogen (secondary N) is 2. The molecule has 2 saturated heterocycles. The molecule has 2 aromatic heterocycles. The maximum absolute atomic E-state index is 14.2. The Hall–Kier alpha value is -3.75. The van der Waals surface area contributed by atoms with Gasteiger partial charge in [-0.05, 0) is 74.9 Å². The number of furan rings is 1. The number of hydrogen-bond donors (Lipinski definition) is 2. The number of ether oxygens (including phenoxy) is 1. The minimum absolute atomic E-state index is 0.0483. The molecule has 3 aliphatic rings. The zero-order valence-electron chi connectivity index (χ0n) is 22.6. The lowest BCUT2D eigenvalue weighted by molar-refractivity contribution is -0.164. The molecule has 3 aromatic rings. The molecule has 3 aliphatic heterocycles. The number of fused-ring (bicyclic) bond motifs is 5. The molecule has 6 rings (SSSR count). The minimum Gasteiger partial charge on any atom is -0.497 e. The van der Waals surface area contributed by atoms with E-state index in [1.807, 2.05) is 34.9 Å². The molecular formula is C30H36N4O5. The van der Waals surface area contributed by atoms with Crippen LogP contribution >= 0.6 is 0 Å². The van der Waals surface area contributed by atoms with Crippen molar-refractivity contribution in [2.45, 2.75) is 57.5 Å². The van der Waals surface area contributed by atoms with Crippen LogP contribution in [0.25, 0.3) is 10.9 Å². The lowest BCUT2D eigenvalue weighted by Gasteiger charge is -2.54. The number of likely N-dealkylation sites (tertiary alicyclic amines) is 1. The Morgan fingerprint density at radius 1 is 1.18 bits per heavy atom. The van der Waals surface area contributed by atoms with Crippen LogP contribution in [0.15, 0.2) is 41.0 Å². The van der Waals surface area contributed by atoms with Crippen molar-refractivity contribution in [1.82, 2.24) is 20.1 Å². The molecule has 39 heavy (non-hydrogen) atoms. The van der Waals surface area contributed by atoms with Gasteiger partial charge in [-0.25, -0.2) is 0 Å². The number of amides is 3. The molecule has 2 fully saturated rings. The van der Waals surface area contributed by atoms with Crippen LogP contribution < -0.4 is 10.1 Å². The normalized spacial score (nSPS) is 24.8. The van der Waals surface area contributed by atoms with Crippen molar-refractivity contribution < 1.29 is 23.5 Å². The van der Waals surface area contributed by atoms with Crippen LogP contribution in [0.5, 0.6) is 5.75 Å². The summed E-state index contributed by atoms with van der Waals surface area (Å²) in [5.74, 6) is 0.230. The van der Waals surface area contributed by atoms with E-state index in [1.54, 1.807) is 25.5 Å². The molecule has 3 amide bonds. The van der Waals surface area contributed by atoms with E-state index in [0.29, 0.717) is 25.1 Å². The first-order valence-corrected chi connectivity index (χ1v) is 14.0. The van der Waals surface area contributed by atoms with Crippen molar-refractivity contribution in [3.05, 3.63) is 53.6 Å². The van der Waals surface area contributed by atoms with Crippen LogP contribution in [0.1, 0.15) is 56.0 Å². The number of carbonyl (C=O) groups excluding carboxylic acids is 3. The molecule has 2 N–H and O–H groups in total. The lowest BCUT2D eigenvalue weighted by atomic mass is 9.67. The topological polar surface area (TPSA) is 108 Å². The minimum atomic E-state index is -0.827. The van der Waals surface area contributed by atoms with Gasteiger partial charge in [0.1, 0.15) is 11.5 Å². The summed E-state index contributed by atoms with van der Waals surface area (Å²) in [7, 11) is 1.65. The van der Waals surface area contributed by atoms with Crippen LogP contribution in [-0.4, -0.2) is 59.2 Å². The van der Waals surface area contributed by atoms with E-state index < -0.39 is 17.4 Å². The summed E-state index contributed by atoms with van der Waals surface area (Å²) in [5, 5.41) is 3.94. The van der Waals surface area contributed by atoms with Gasteiger partial charge >= 0.3 is 0 Å². The monoisotopic (exact) mass is 532 g/mol. The number of rotatable bonds is 6. The quantitative estimate of drug-likeness (QED) is 0.503. The summed E-state index contributed by atoms with van der Waals surface area (Å²) in [6.45, 7) is 4.29. The number of carbonyl (C=O) groups is 3. The van der Waals surface area contributed by atoms with Gasteiger partial charge in [0.2, 0.25) is 17.7 Å². The maximum atomic E-state index is 14.2. The van der Waals surface area contributed by atoms with Crippen molar-refractivity contribution in [2.75, 3.05) is 26.7 Å². The van der Waals surface area contributed by atoms with Crippen molar-refractivity contribution in [1.29, 1.82) is 0 Å². The first-order chi connectivity index (χ1) is 18.9. The second-order valence-corrected chi connectivity index (χ2v) is 11.2. The third-order valence-electron chi connectivity index (χ3n) is 9.02. The fourth-order valence-electron chi connectivity index (χ4n) is 6.91. The lowest BCUT2D eigenvalue weighted by Crippen LogP contribution is -2.64. The van der Waals surface area contributed by atoms with Crippen LogP contribution in [0.2, 0.25) is 0 Å². The molecule has 3 atom stereocenters. The van der Waals surface area contributed by atoms with Crippen molar-refractivity contribution in [2.24, 2.45) is 11.8 Å². The fraction of sp³-hybridized carbons (Fsp3) is 0.500. The molecule has 0 radical (unpaired) electrons. The average molecular weight is 533 g/mol. The Labute approximate surface area is 227 Å². The summed E-state index contributed by atoms with van der Waals surface area (Å²) in [5.41, 5.74) is 2.22. The van der Waals surface area contributed by atoms with Gasteiger partial charge in [-0.1, -0.05) is 0 Å². The average Bonchev–Trinajstić information content (AvgIpc) is 3.62. The summed E-state index contributed by atoms with van der Waals surface area (Å²) in [6.07, 6.45) is 5.74. The van der Waals surface area contributed by atoms with Crippen molar-refractivity contribution in [3.63, 3.8) is 0 Å². The smallest absolute Gasteiger partial charge is 0.228 e. The van der Waals surface area contributed by atoms with E-state index in [9.17, 15) is 14.4 Å². The van der Waals surface area contributed by atoms with Gasteiger partial charge in [0.05, 0.1) is 31.4 Å². The molecule has 1 unspecified atom stereocenters. The van der Waals surface area contributed by atoms with Crippen LogP contribution in [-0.2, 0) is 32.9 Å². The number of benzene rings is 1. The highest BCUT2D eigenvalue weighted by Gasteiger charge is 2.57. The SMILES string of the molecule is COc1ccc2[nH]c3c(c2c1)CCN1C(=O)C(CC(=O)NCc2ccco2)C[C@H](C(=O)N2CCCCC2)[C@@]31C. The van der Waals surface area contributed by atoms with Gasteiger partial charge in [-0.3, -0.25) is 14.4 Å². The number of hydrogen-bond acceptors (Lipinski definition) is 5. The van der Waals surface area contributed by atoms with Crippen molar-refractivity contribution in [3.8, 4) is 5.75 Å². The highest BCUT2D eigenvalue weighted by atomic mass is 16.5. The number of methoxy groups -OCH3 is 1. The predicted molar refractivity (Wildman–Crippen MR) is 145 cm³/mol. The first kappa shape index (κ1) is 25.5. The molecule has 9 heteroatoms. The van der Waals surface area contributed by atoms with E-state index in [0.717, 1.165) is 60.3 Å². The zero-order chi connectivity index (χ0) is 27.1. The first-order valence-electron chi connectivity index (χ1n) is 14.0. The van der Waals surface area contributed by atoms with Gasteiger partial charge in [-0.15, -0.1) is 0 Å². The number of aromatic nitrogens is 1. The van der Waals surface area contributed by atoms with Gasteiger partial charge in [0, 0.05) is 48.6 Å². The molecule has 0 spiro atoms. The van der Waals surface area contributed by atoms with E-state index in [-0.39, 0.29) is 30.7 Å². The molecule has 0 saturated carbocycles. The number of aromatic amines is 1. The molecule has 0 aliphatic carbocycles. The van der Waals surface area contributed by atoms with E-state index in [1.165, 1.54) is 0 Å². The van der Waals surface area contributed by atoms with E-state index >= 15 is 0 Å². The van der Waals surface area contributed by atoms with Crippen LogP contribution in [0.4, 0.5) is 0 Å². The summed E-state index contributed by atoms with van der Waals surface area (Å²) < 4.78 is 10.8. The standard InChI is InChI=1S/C30H36N4O5/c1-30-24(29(37)33-11-4-3-5-12-33)15-19(16-26(35)31-18-21-7-6-14-39-21)28(36)34(30)13-10-22-23-17-20(38-2)8-9-25(23)32-27(22)30/h6-9,14,17,19,24,32H,3-5,10-13,15-16,18H2,1-2H3,(H,31,35)/t19?,24-,30+/m1/s1. The Morgan fingerprint density at radius 2 is 2.00 bits per heavy atom. The maximum Gasteiger partial charge on any atom is 0.228 e. The Kier molecular flexibility index (Phi) is 6.61. The van der Waals surface area contributed by atoms with Gasteiger partial charge in [0.25, 0.3) is 0 Å². The van der Waals surface area contributed by atoms with Gasteiger partial charge in [0.15, 0.2) is 0 Å². The summed E-state index contributed by atoms with van der Waals surface area (Å²) in [6, 6.07) is 9.52. The highest BCUT2D eigenvalue weighted by molar-refractivity contribution is 5.93. The number of H-pyrrole nitrogens is 1. The Balaban J connectivity index is 1.34. The number of nitrogens with zero attached hydrogens (tertiary/aromatic N) is 2. The predicted octanol–water partition coefficient (Wildman–Crippen LogP) is 3.72. The largest absolute Gasteiger partial charge is 0.497 e. The highest BCUT2D eigenvalue weighted by Crippen LogP contribution is 2.50. The Bertz CT molecular complexity index is 1390. The second-order valence-electron chi connectivity index (χ2n) is 11.2. The molecule has 1 aromatic carbocycles. The van der Waals surface area contributed by atoms with Crippen molar-refractivity contribution >= 4 is 28.6 Å². The van der Waals surface area contributed by atoms with E-state index in [2.05, 4.69) is 10.3 Å². The third kappa shape index (κ3) is 4.37. The van der Waals surface area contributed by atoms with Gasteiger partial charge < -0.3 is 29.3 Å². The third-order valence-corrected chi connectivity index (χ3v) is 9.02. The van der Waals surface area contributed by atoms with Gasteiger partial charge in [-0.2, -0.15) is 0 Å². The van der Waals surface area contributed by atoms with Crippen LogP contribution in [0.3, 0.4) is 0 Å². The fourth-order valence-corrected chi connectivity index (χ4v) is 6.91. The molecule has 206 valence electrons. The number of piperidine rings is 2. The van der Waals surface area contributed by atoms with Crippen LogP contribution in [0, 0.1) is 11.8 Å². The molecular weight excluding hydrogens is 496 g/mol. The summed E-state index contributed by atoms with van der Waals surface area (Å²) >= 11 is 0. The molecule has 5 heterocycles. The zero-order valence-corrected chi connectivity index (χ0v) is 22.6. The summed E-state index contributed by atoms with van der Waals surface area (Å²) in [4.78, 5) is 48.5.